The Morgan fingerprint density at radius 1 is 1.47 bits per heavy atom. The highest BCUT2D eigenvalue weighted by Crippen LogP contribution is 2.23. The first-order chi connectivity index (χ1) is 8.99. The molecule has 5 heteroatoms. The third kappa shape index (κ3) is 4.22. The van der Waals surface area contributed by atoms with Crippen LogP contribution in [0.1, 0.15) is 26.3 Å². The summed E-state index contributed by atoms with van der Waals surface area (Å²) < 4.78 is 5.38. The highest BCUT2D eigenvalue weighted by Gasteiger charge is 2.17. The van der Waals surface area contributed by atoms with Crippen LogP contribution in [0.15, 0.2) is 18.2 Å². The van der Waals surface area contributed by atoms with Crippen LogP contribution >= 0.6 is 0 Å². The van der Waals surface area contributed by atoms with E-state index >= 15 is 0 Å². The van der Waals surface area contributed by atoms with Crippen LogP contribution in [0, 0.1) is 5.92 Å². The molecular formula is C14H22N2O3. The average Bonchev–Trinajstić information content (AvgIpc) is 2.39. The molecule has 2 unspecified atom stereocenters. The summed E-state index contributed by atoms with van der Waals surface area (Å²) in [5, 5.41) is 12.1. The molecule has 0 aliphatic heterocycles. The molecule has 0 aromatic heterocycles. The molecule has 0 heterocycles. The molecule has 0 spiro atoms. The average molecular weight is 266 g/mol. The molecular weight excluding hydrogens is 244 g/mol. The van der Waals surface area contributed by atoms with Crippen molar-refractivity contribution >= 4 is 11.6 Å². The first kappa shape index (κ1) is 15.5. The van der Waals surface area contributed by atoms with Crippen molar-refractivity contribution in [1.82, 2.24) is 0 Å². The summed E-state index contributed by atoms with van der Waals surface area (Å²) in [6.45, 7) is 5.84. The molecule has 2 atom stereocenters. The fourth-order valence-electron chi connectivity index (χ4n) is 1.57. The van der Waals surface area contributed by atoms with Crippen LogP contribution < -0.4 is 15.8 Å². The van der Waals surface area contributed by atoms with E-state index in [2.05, 4.69) is 5.32 Å². The molecule has 5 nitrogen and oxygen atoms in total. The number of rotatable bonds is 6. The van der Waals surface area contributed by atoms with Crippen molar-refractivity contribution < 1.29 is 14.6 Å². The Balaban J connectivity index is 2.82. The second-order valence-corrected chi connectivity index (χ2v) is 4.55. The van der Waals surface area contributed by atoms with Gasteiger partial charge in [-0.05, 0) is 32.0 Å². The third-order valence-corrected chi connectivity index (χ3v) is 3.00. The zero-order valence-corrected chi connectivity index (χ0v) is 11.6. The van der Waals surface area contributed by atoms with E-state index < -0.39 is 0 Å². The highest BCUT2D eigenvalue weighted by atomic mass is 16.5. The van der Waals surface area contributed by atoms with Crippen LogP contribution in [0.3, 0.4) is 0 Å². The number of nitrogens with two attached hydrogens (primary N) is 1. The Kier molecular flexibility index (Phi) is 5.79. The lowest BCUT2D eigenvalue weighted by Gasteiger charge is -2.16. The monoisotopic (exact) mass is 266 g/mol. The largest absolute Gasteiger partial charge is 0.494 e. The molecule has 1 aromatic carbocycles. The number of aliphatic hydroxyl groups excluding tert-OH is 1. The minimum Gasteiger partial charge on any atom is -0.494 e. The standard InChI is InChI=1S/C14H22N2O3/c1-4-19-13-6-5-12(7-11(13)8-17)16-14(18)9(2)10(3)15/h5-7,9-10,17H,4,8,15H2,1-3H3,(H,16,18). The fraction of sp³-hybridized carbons (Fsp3) is 0.500. The van der Waals surface area contributed by atoms with E-state index in [0.717, 1.165) is 0 Å². The molecule has 1 amide bonds. The zero-order chi connectivity index (χ0) is 14.4. The van der Waals surface area contributed by atoms with E-state index in [1.807, 2.05) is 6.92 Å². The van der Waals surface area contributed by atoms with Crippen LogP contribution in [-0.4, -0.2) is 23.7 Å². The molecule has 0 saturated heterocycles. The number of amides is 1. The summed E-state index contributed by atoms with van der Waals surface area (Å²) in [7, 11) is 0. The number of carbonyl (C=O) groups is 1. The Bertz CT molecular complexity index is 433. The number of benzene rings is 1. The van der Waals surface area contributed by atoms with Gasteiger partial charge in [0.05, 0.1) is 19.1 Å². The van der Waals surface area contributed by atoms with Crippen molar-refractivity contribution in [1.29, 1.82) is 0 Å². The van der Waals surface area contributed by atoms with Crippen LogP contribution in [0.5, 0.6) is 5.75 Å². The quantitative estimate of drug-likeness (QED) is 0.728. The molecule has 4 N–H and O–H groups in total. The first-order valence-corrected chi connectivity index (χ1v) is 6.42. The van der Waals surface area contributed by atoms with Crippen molar-refractivity contribution in [3.8, 4) is 5.75 Å². The number of carbonyl (C=O) groups excluding carboxylic acids is 1. The van der Waals surface area contributed by atoms with Gasteiger partial charge >= 0.3 is 0 Å². The molecule has 0 aliphatic carbocycles. The lowest BCUT2D eigenvalue weighted by molar-refractivity contribution is -0.119. The second-order valence-electron chi connectivity index (χ2n) is 4.55. The maximum atomic E-state index is 11.9. The van der Waals surface area contributed by atoms with Gasteiger partial charge < -0.3 is 20.9 Å². The number of hydrogen-bond donors (Lipinski definition) is 3. The summed E-state index contributed by atoms with van der Waals surface area (Å²) >= 11 is 0. The van der Waals surface area contributed by atoms with Gasteiger partial charge in [0.1, 0.15) is 5.75 Å². The Morgan fingerprint density at radius 3 is 2.68 bits per heavy atom. The predicted octanol–water partition coefficient (Wildman–Crippen LogP) is 1.50. The third-order valence-electron chi connectivity index (χ3n) is 3.00. The van der Waals surface area contributed by atoms with Crippen molar-refractivity contribution in [3.05, 3.63) is 23.8 Å². The number of ether oxygens (including phenoxy) is 1. The maximum Gasteiger partial charge on any atom is 0.228 e. The first-order valence-electron chi connectivity index (χ1n) is 6.42. The van der Waals surface area contributed by atoms with Crippen molar-refractivity contribution in [2.75, 3.05) is 11.9 Å². The summed E-state index contributed by atoms with van der Waals surface area (Å²) in [5.41, 5.74) is 6.97. The van der Waals surface area contributed by atoms with E-state index in [1.165, 1.54) is 0 Å². The maximum absolute atomic E-state index is 11.9. The predicted molar refractivity (Wildman–Crippen MR) is 75.0 cm³/mol. The van der Waals surface area contributed by atoms with Gasteiger partial charge in [-0.25, -0.2) is 0 Å². The molecule has 19 heavy (non-hydrogen) atoms. The Hall–Kier alpha value is -1.59. The number of nitrogens with one attached hydrogen (secondary N) is 1. The van der Waals surface area contributed by atoms with E-state index in [-0.39, 0.29) is 24.5 Å². The van der Waals surface area contributed by atoms with Crippen molar-refractivity contribution in [2.24, 2.45) is 11.7 Å². The van der Waals surface area contributed by atoms with Crippen LogP contribution in [0.25, 0.3) is 0 Å². The minimum absolute atomic E-state index is 0.136. The molecule has 0 aliphatic rings. The van der Waals surface area contributed by atoms with Crippen molar-refractivity contribution in [3.63, 3.8) is 0 Å². The smallest absolute Gasteiger partial charge is 0.228 e. The Morgan fingerprint density at radius 2 is 2.16 bits per heavy atom. The van der Waals surface area contributed by atoms with Gasteiger partial charge in [0, 0.05) is 17.3 Å². The molecule has 1 rings (SSSR count). The molecule has 0 bridgehead atoms. The lowest BCUT2D eigenvalue weighted by Crippen LogP contribution is -2.34. The van der Waals surface area contributed by atoms with Gasteiger partial charge in [0.25, 0.3) is 0 Å². The normalized spacial score (nSPS) is 13.7. The van der Waals surface area contributed by atoms with Crippen LogP contribution in [0.2, 0.25) is 0 Å². The summed E-state index contributed by atoms with van der Waals surface area (Å²) in [6, 6.07) is 4.98. The fourth-order valence-corrected chi connectivity index (χ4v) is 1.57. The summed E-state index contributed by atoms with van der Waals surface area (Å²) in [6.07, 6.45) is 0. The number of aliphatic hydroxyl groups is 1. The van der Waals surface area contributed by atoms with Gasteiger partial charge in [-0.3, -0.25) is 4.79 Å². The minimum atomic E-state index is -0.274. The van der Waals surface area contributed by atoms with Gasteiger partial charge in [0.2, 0.25) is 5.91 Å². The van der Waals surface area contributed by atoms with Gasteiger partial charge in [-0.2, -0.15) is 0 Å². The van der Waals surface area contributed by atoms with Gasteiger partial charge in [0.15, 0.2) is 0 Å². The molecule has 0 saturated carbocycles. The molecule has 0 fully saturated rings. The van der Waals surface area contributed by atoms with Gasteiger partial charge in [-0.15, -0.1) is 0 Å². The number of hydrogen-bond acceptors (Lipinski definition) is 4. The second kappa shape index (κ2) is 7.11. The number of anilines is 1. The van der Waals surface area contributed by atoms with Crippen molar-refractivity contribution in [2.45, 2.75) is 33.4 Å². The summed E-state index contributed by atoms with van der Waals surface area (Å²) in [5.74, 6) is 0.218. The van der Waals surface area contributed by atoms with E-state index in [1.54, 1.807) is 32.0 Å². The molecule has 106 valence electrons. The lowest BCUT2D eigenvalue weighted by atomic mass is 10.0. The Labute approximate surface area is 113 Å². The molecule has 0 radical (unpaired) electrons. The van der Waals surface area contributed by atoms with E-state index in [9.17, 15) is 9.90 Å². The topological polar surface area (TPSA) is 84.6 Å². The molecule has 1 aromatic rings. The van der Waals surface area contributed by atoms with Crippen LogP contribution in [0.4, 0.5) is 5.69 Å². The summed E-state index contributed by atoms with van der Waals surface area (Å²) in [4.78, 5) is 11.9. The van der Waals surface area contributed by atoms with Crippen LogP contribution in [-0.2, 0) is 11.4 Å². The van der Waals surface area contributed by atoms with E-state index in [4.69, 9.17) is 10.5 Å². The van der Waals surface area contributed by atoms with E-state index in [0.29, 0.717) is 23.6 Å². The zero-order valence-electron chi connectivity index (χ0n) is 11.6. The highest BCUT2D eigenvalue weighted by molar-refractivity contribution is 5.92. The SMILES string of the molecule is CCOc1ccc(NC(=O)C(C)C(C)N)cc1CO. The van der Waals surface area contributed by atoms with Gasteiger partial charge in [-0.1, -0.05) is 6.92 Å².